The fraction of sp³-hybridized carbons (Fsp3) is 0.542. The number of rotatable bonds is 7. The molecule has 0 saturated carbocycles. The van der Waals surface area contributed by atoms with Crippen LogP contribution in [0.15, 0.2) is 29.3 Å². The minimum Gasteiger partial charge on any atom is -0.367 e. The lowest BCUT2D eigenvalue weighted by Gasteiger charge is -2.36. The summed E-state index contributed by atoms with van der Waals surface area (Å²) in [5.74, 6) is 0.769. The highest BCUT2D eigenvalue weighted by atomic mass is 19.4. The zero-order valence-corrected chi connectivity index (χ0v) is 20.5. The summed E-state index contributed by atoms with van der Waals surface area (Å²) in [6.07, 6.45) is -0.187. The number of H-pyrrole nitrogens is 1. The summed E-state index contributed by atoms with van der Waals surface area (Å²) >= 11 is 0. The number of nitriles is 1. The number of carbonyl (C=O) groups is 1. The molecule has 2 aliphatic rings. The van der Waals surface area contributed by atoms with Crippen molar-refractivity contribution in [2.45, 2.75) is 31.5 Å². The van der Waals surface area contributed by atoms with E-state index in [1.54, 1.807) is 21.9 Å². The average molecular weight is 519 g/mol. The van der Waals surface area contributed by atoms with Crippen LogP contribution in [0.1, 0.15) is 30.4 Å². The number of halogens is 3. The topological polar surface area (TPSA) is 112 Å². The average Bonchev–Trinajstić information content (AvgIpc) is 3.35. The first kappa shape index (κ1) is 26.4. The molecule has 2 aliphatic heterocycles. The number of hydrogen-bond donors (Lipinski definition) is 1. The number of aromatic amines is 1. The summed E-state index contributed by atoms with van der Waals surface area (Å²) in [5.41, 5.74) is -2.15. The van der Waals surface area contributed by atoms with E-state index in [2.05, 4.69) is 15.0 Å². The highest BCUT2D eigenvalue weighted by molar-refractivity contribution is 5.78. The minimum atomic E-state index is -4.78. The number of likely N-dealkylation sites (N-methyl/N-ethyl adjacent to an activating group) is 1. The van der Waals surface area contributed by atoms with Crippen molar-refractivity contribution in [2.75, 3.05) is 62.7 Å². The molecule has 2 saturated heterocycles. The van der Waals surface area contributed by atoms with Gasteiger partial charge in [-0.3, -0.25) is 14.5 Å². The van der Waals surface area contributed by atoms with E-state index in [0.29, 0.717) is 57.7 Å². The van der Waals surface area contributed by atoms with Crippen LogP contribution in [0.2, 0.25) is 0 Å². The SMILES string of the molecule is CN(CC[C@@H]1CCCN1c1cn[nH]c(=O)c1C(F)(F)F)CC(=O)N1CCN(c2ccc(C#N)cn2)CC1. The van der Waals surface area contributed by atoms with Gasteiger partial charge >= 0.3 is 6.18 Å². The van der Waals surface area contributed by atoms with Crippen LogP contribution in [-0.4, -0.2) is 89.8 Å². The maximum Gasteiger partial charge on any atom is 0.423 e. The number of piperazine rings is 1. The van der Waals surface area contributed by atoms with Crippen LogP contribution in [-0.2, 0) is 11.0 Å². The molecule has 10 nitrogen and oxygen atoms in total. The molecule has 0 bridgehead atoms. The van der Waals surface area contributed by atoms with Gasteiger partial charge in [-0.15, -0.1) is 0 Å². The fourth-order valence-electron chi connectivity index (χ4n) is 4.94. The molecule has 0 aromatic carbocycles. The molecular formula is C24H29F3N8O2. The van der Waals surface area contributed by atoms with Gasteiger partial charge in [0.1, 0.15) is 17.5 Å². The number of nitrogens with one attached hydrogen (secondary N) is 1. The Kier molecular flexibility index (Phi) is 7.97. The number of alkyl halides is 3. The Morgan fingerprint density at radius 1 is 1.22 bits per heavy atom. The summed E-state index contributed by atoms with van der Waals surface area (Å²) in [7, 11) is 1.82. The Balaban J connectivity index is 1.28. The van der Waals surface area contributed by atoms with E-state index in [0.717, 1.165) is 18.4 Å². The largest absolute Gasteiger partial charge is 0.423 e. The molecule has 13 heteroatoms. The molecule has 2 aromatic rings. The summed E-state index contributed by atoms with van der Waals surface area (Å²) < 4.78 is 40.6. The van der Waals surface area contributed by atoms with Crippen LogP contribution in [0, 0.1) is 11.3 Å². The van der Waals surface area contributed by atoms with Crippen molar-refractivity contribution < 1.29 is 18.0 Å². The lowest BCUT2D eigenvalue weighted by atomic mass is 10.1. The van der Waals surface area contributed by atoms with Gasteiger partial charge in [0.25, 0.3) is 5.56 Å². The number of amides is 1. The molecular weight excluding hydrogens is 489 g/mol. The number of pyridine rings is 1. The van der Waals surface area contributed by atoms with Gasteiger partial charge in [0.05, 0.1) is 24.0 Å². The lowest BCUT2D eigenvalue weighted by molar-refractivity contribution is -0.138. The van der Waals surface area contributed by atoms with Crippen molar-refractivity contribution in [1.29, 1.82) is 5.26 Å². The second-order valence-corrected chi connectivity index (χ2v) is 9.36. The third-order valence-electron chi connectivity index (χ3n) is 6.89. The highest BCUT2D eigenvalue weighted by Crippen LogP contribution is 2.36. The summed E-state index contributed by atoms with van der Waals surface area (Å²) in [5, 5.41) is 14.4. The fourth-order valence-corrected chi connectivity index (χ4v) is 4.94. The van der Waals surface area contributed by atoms with Crippen molar-refractivity contribution in [3.05, 3.63) is 46.0 Å². The van der Waals surface area contributed by atoms with Gasteiger partial charge in [-0.25, -0.2) is 10.1 Å². The molecule has 37 heavy (non-hydrogen) atoms. The number of anilines is 2. The number of hydrogen-bond acceptors (Lipinski definition) is 8. The van der Waals surface area contributed by atoms with Gasteiger partial charge in [-0.1, -0.05) is 0 Å². The molecule has 0 spiro atoms. The van der Waals surface area contributed by atoms with E-state index in [1.807, 2.05) is 23.1 Å². The van der Waals surface area contributed by atoms with Crippen LogP contribution >= 0.6 is 0 Å². The zero-order valence-electron chi connectivity index (χ0n) is 20.5. The minimum absolute atomic E-state index is 0.00336. The van der Waals surface area contributed by atoms with Gasteiger partial charge in [-0.05, 0) is 38.4 Å². The van der Waals surface area contributed by atoms with Crippen molar-refractivity contribution in [3.8, 4) is 6.07 Å². The maximum atomic E-state index is 13.5. The van der Waals surface area contributed by atoms with Crippen molar-refractivity contribution in [3.63, 3.8) is 0 Å². The molecule has 2 aromatic heterocycles. The Morgan fingerprint density at radius 3 is 2.62 bits per heavy atom. The Labute approximate surface area is 212 Å². The monoisotopic (exact) mass is 518 g/mol. The molecule has 4 rings (SSSR count). The quantitative estimate of drug-likeness (QED) is 0.590. The van der Waals surface area contributed by atoms with Crippen molar-refractivity contribution in [1.82, 2.24) is 25.0 Å². The molecule has 0 unspecified atom stereocenters. The number of aromatic nitrogens is 3. The van der Waals surface area contributed by atoms with Gasteiger partial charge < -0.3 is 14.7 Å². The van der Waals surface area contributed by atoms with Crippen LogP contribution in [0.25, 0.3) is 0 Å². The highest BCUT2D eigenvalue weighted by Gasteiger charge is 2.40. The maximum absolute atomic E-state index is 13.5. The number of carbonyl (C=O) groups excluding carboxylic acids is 1. The smallest absolute Gasteiger partial charge is 0.367 e. The van der Waals surface area contributed by atoms with Gasteiger partial charge in [0.15, 0.2) is 0 Å². The molecule has 198 valence electrons. The molecule has 0 radical (unpaired) electrons. The number of nitrogens with zero attached hydrogens (tertiary/aromatic N) is 7. The third kappa shape index (κ3) is 6.19. The van der Waals surface area contributed by atoms with Gasteiger partial charge in [0.2, 0.25) is 5.91 Å². The van der Waals surface area contributed by atoms with Gasteiger partial charge in [-0.2, -0.15) is 23.5 Å². The van der Waals surface area contributed by atoms with E-state index < -0.39 is 17.3 Å². The Hall–Kier alpha value is -3.66. The van der Waals surface area contributed by atoms with Crippen LogP contribution in [0.5, 0.6) is 0 Å². The Bertz CT molecular complexity index is 1190. The van der Waals surface area contributed by atoms with E-state index in [1.165, 1.54) is 6.20 Å². The lowest BCUT2D eigenvalue weighted by Crippen LogP contribution is -2.51. The molecule has 1 atom stereocenters. The second kappa shape index (κ2) is 11.2. The normalized spacial score (nSPS) is 18.4. The van der Waals surface area contributed by atoms with Crippen LogP contribution < -0.4 is 15.4 Å². The van der Waals surface area contributed by atoms with E-state index in [-0.39, 0.29) is 24.2 Å². The molecule has 1 N–H and O–H groups in total. The predicted octanol–water partition coefficient (Wildman–Crippen LogP) is 1.69. The van der Waals surface area contributed by atoms with E-state index >= 15 is 0 Å². The second-order valence-electron chi connectivity index (χ2n) is 9.36. The standard InChI is InChI=1S/C24H29F3N8O2/c1-32(16-21(36)34-11-9-33(10-12-34)20-5-4-17(13-28)14-29-20)8-6-18-3-2-7-35(18)19-15-30-31-23(37)22(19)24(25,26)27/h4-5,14-15,18H,2-3,6-12,16H2,1H3,(H,31,37)/t18-/m0/s1. The molecule has 4 heterocycles. The first-order valence-electron chi connectivity index (χ1n) is 12.2. The predicted molar refractivity (Wildman–Crippen MR) is 130 cm³/mol. The third-order valence-corrected chi connectivity index (χ3v) is 6.89. The van der Waals surface area contributed by atoms with Crippen LogP contribution in [0.3, 0.4) is 0 Å². The molecule has 0 aliphatic carbocycles. The first-order chi connectivity index (χ1) is 17.7. The molecule has 2 fully saturated rings. The summed E-state index contributed by atoms with van der Waals surface area (Å²) in [6, 6.07) is 5.39. The summed E-state index contributed by atoms with van der Waals surface area (Å²) in [4.78, 5) is 36.4. The molecule has 1 amide bonds. The zero-order chi connectivity index (χ0) is 26.6. The van der Waals surface area contributed by atoms with E-state index in [4.69, 9.17) is 5.26 Å². The first-order valence-corrected chi connectivity index (χ1v) is 12.2. The van der Waals surface area contributed by atoms with Crippen LogP contribution in [0.4, 0.5) is 24.7 Å². The van der Waals surface area contributed by atoms with Crippen molar-refractivity contribution >= 4 is 17.4 Å². The summed E-state index contributed by atoms with van der Waals surface area (Å²) in [6.45, 7) is 3.54. The Morgan fingerprint density at radius 2 is 1.97 bits per heavy atom. The van der Waals surface area contributed by atoms with Gasteiger partial charge in [0, 0.05) is 51.5 Å². The van der Waals surface area contributed by atoms with Crippen molar-refractivity contribution in [2.24, 2.45) is 0 Å². The van der Waals surface area contributed by atoms with E-state index in [9.17, 15) is 22.8 Å².